The first-order valence-electron chi connectivity index (χ1n) is 20.7. The normalized spacial score (nSPS) is 19.5. The van der Waals surface area contributed by atoms with Crippen LogP contribution in [0.4, 0.5) is 4.79 Å². The van der Waals surface area contributed by atoms with Crippen molar-refractivity contribution < 1.29 is 59.0 Å². The Morgan fingerprint density at radius 2 is 1.48 bits per heavy atom. The van der Waals surface area contributed by atoms with Crippen LogP contribution in [0.25, 0.3) is 0 Å². The van der Waals surface area contributed by atoms with Crippen LogP contribution in [-0.2, 0) is 30.5 Å². The number of benzene rings is 1. The van der Waals surface area contributed by atoms with E-state index in [4.69, 9.17) is 20.6 Å². The number of urea groups is 1. The maximum atomic E-state index is 13.5. The van der Waals surface area contributed by atoms with Gasteiger partial charge in [-0.2, -0.15) is 0 Å². The molecule has 64 heavy (non-hydrogen) atoms. The van der Waals surface area contributed by atoms with Gasteiger partial charge in [-0.05, 0) is 61.8 Å². The number of aliphatic hydroxyl groups is 3. The van der Waals surface area contributed by atoms with E-state index in [2.05, 4.69) is 31.9 Å². The largest absolute Gasteiger partial charge is 0.497 e. The van der Waals surface area contributed by atoms with Crippen LogP contribution in [0.3, 0.4) is 0 Å². The molecule has 1 aliphatic rings. The first-order valence-corrected chi connectivity index (χ1v) is 20.7. The Bertz CT molecular complexity index is 2030. The minimum atomic E-state index is -1.98. The summed E-state index contributed by atoms with van der Waals surface area (Å²) in [6.07, 6.45) is -7.39. The zero-order valence-corrected chi connectivity index (χ0v) is 36.4. The third kappa shape index (κ3) is 15.0. The Kier molecular flexibility index (Phi) is 20.2. The first kappa shape index (κ1) is 52.3. The lowest BCUT2D eigenvalue weighted by Crippen LogP contribution is -2.57. The van der Waals surface area contributed by atoms with Gasteiger partial charge in [-0.15, -0.1) is 0 Å². The number of carbonyl (C=O) groups is 5. The SMILES string of the molecule is COc1ccc(Cn2c(=O)ccn([C@@H]3O[C@H](C(O)[C@H](NCCCNC(=O)[C@H](CC(C)C)NC(=O)[C@H](CCCNC(=N)N)NC(=O)N[C@H](C(=O)O)C(C)C)C(=O)O)[C@H](O)[C@H]3O)c2=O)cc1. The minimum absolute atomic E-state index is 0.0260. The van der Waals surface area contributed by atoms with Gasteiger partial charge in [0, 0.05) is 25.4 Å². The van der Waals surface area contributed by atoms with Crippen molar-refractivity contribution in [2.75, 3.05) is 26.7 Å². The molecule has 1 saturated heterocycles. The molecule has 1 aromatic carbocycles. The summed E-state index contributed by atoms with van der Waals surface area (Å²) in [5.41, 5.74) is 4.33. The highest BCUT2D eigenvalue weighted by Crippen LogP contribution is 2.31. The van der Waals surface area contributed by atoms with Crippen LogP contribution in [0.5, 0.6) is 5.75 Å². The van der Waals surface area contributed by atoms with Crippen LogP contribution >= 0.6 is 0 Å². The van der Waals surface area contributed by atoms with Gasteiger partial charge in [0.25, 0.3) is 5.56 Å². The predicted octanol–water partition coefficient (Wildman–Crippen LogP) is -2.83. The monoisotopic (exact) mass is 906 g/mol. The van der Waals surface area contributed by atoms with Gasteiger partial charge in [-0.25, -0.2) is 14.4 Å². The van der Waals surface area contributed by atoms with Crippen LogP contribution in [0.15, 0.2) is 46.1 Å². The molecule has 2 heterocycles. The average molecular weight is 907 g/mol. The van der Waals surface area contributed by atoms with Crippen LogP contribution in [0.1, 0.15) is 65.2 Å². The number of rotatable bonds is 25. The molecule has 14 N–H and O–H groups in total. The lowest BCUT2D eigenvalue weighted by molar-refractivity contribution is -0.149. The summed E-state index contributed by atoms with van der Waals surface area (Å²) in [5.74, 6) is -4.48. The van der Waals surface area contributed by atoms with E-state index in [1.807, 2.05) is 13.8 Å². The molecule has 2 aromatic rings. The molecule has 24 heteroatoms. The van der Waals surface area contributed by atoms with Crippen molar-refractivity contribution in [1.29, 1.82) is 5.41 Å². The van der Waals surface area contributed by atoms with Gasteiger partial charge in [0.05, 0.1) is 13.7 Å². The lowest BCUT2D eigenvalue weighted by atomic mass is 9.99. The van der Waals surface area contributed by atoms with Gasteiger partial charge in [0.2, 0.25) is 11.8 Å². The van der Waals surface area contributed by atoms with Crippen LogP contribution in [-0.4, -0.2) is 146 Å². The van der Waals surface area contributed by atoms with Crippen molar-refractivity contribution in [2.45, 2.75) is 115 Å². The Morgan fingerprint density at radius 3 is 2.06 bits per heavy atom. The van der Waals surface area contributed by atoms with Crippen molar-refractivity contribution in [3.05, 3.63) is 62.9 Å². The highest BCUT2D eigenvalue weighted by Gasteiger charge is 2.50. The Morgan fingerprint density at radius 1 is 0.844 bits per heavy atom. The summed E-state index contributed by atoms with van der Waals surface area (Å²) in [5, 5.41) is 75.0. The number of nitrogens with zero attached hydrogens (tertiary/aromatic N) is 2. The van der Waals surface area contributed by atoms with Crippen molar-refractivity contribution in [3.63, 3.8) is 0 Å². The van der Waals surface area contributed by atoms with Gasteiger partial charge in [-0.3, -0.25) is 33.7 Å². The highest BCUT2D eigenvalue weighted by molar-refractivity contribution is 5.92. The molecule has 9 atom stereocenters. The van der Waals surface area contributed by atoms with Gasteiger partial charge in [0.1, 0.15) is 54.3 Å². The summed E-state index contributed by atoms with van der Waals surface area (Å²) in [4.78, 5) is 89.7. The van der Waals surface area contributed by atoms with E-state index >= 15 is 0 Å². The summed E-state index contributed by atoms with van der Waals surface area (Å²) in [6, 6.07) is 1.37. The van der Waals surface area contributed by atoms with E-state index in [-0.39, 0.29) is 63.7 Å². The first-order chi connectivity index (χ1) is 30.2. The fourth-order valence-corrected chi connectivity index (χ4v) is 6.83. The second-order valence-corrected chi connectivity index (χ2v) is 16.1. The molecule has 4 amide bonds. The molecule has 1 fully saturated rings. The van der Waals surface area contributed by atoms with Crippen LogP contribution in [0, 0.1) is 17.2 Å². The van der Waals surface area contributed by atoms with Crippen molar-refractivity contribution >= 4 is 35.7 Å². The second kappa shape index (κ2) is 24.7. The number of nitrogens with two attached hydrogens (primary N) is 1. The number of guanidine groups is 1. The molecule has 356 valence electrons. The van der Waals surface area contributed by atoms with Crippen LogP contribution in [0.2, 0.25) is 0 Å². The van der Waals surface area contributed by atoms with Gasteiger partial charge in [0.15, 0.2) is 12.2 Å². The van der Waals surface area contributed by atoms with Crippen molar-refractivity contribution in [3.8, 4) is 5.75 Å². The minimum Gasteiger partial charge on any atom is -0.497 e. The third-order valence-corrected chi connectivity index (χ3v) is 10.3. The fourth-order valence-electron chi connectivity index (χ4n) is 6.83. The Hall–Kier alpha value is -6.08. The standard InChI is InChI=1S/C40H62N10O14/c1-20(2)18-25(46-34(56)24(8-6-14-45-38(41)42)47-39(61)48-27(21(3)4)36(57)58)33(55)44-16-7-15-43-28(37(59)60)29(52)32-30(53)31(54)35(64-32)49-17-13-26(51)50(40(49)62)19-22-9-11-23(63-5)12-10-22/h9-13,17,20-21,24-25,27-32,35,43,52-54H,6-8,14-16,18-19H2,1-5H3,(H,44,55)(H,46,56)(H,57,58)(H,59,60)(H4,41,42,45)(H2,47,48,61)/t24-,25-,27-,28-,29?,30+,31+,32+,35+/m0/s1. The molecule has 1 aliphatic heterocycles. The van der Waals surface area contributed by atoms with E-state index < -0.39 is 102 Å². The third-order valence-electron chi connectivity index (χ3n) is 10.3. The number of aliphatic carboxylic acids is 2. The number of carboxylic acids is 2. The molecule has 3 rings (SSSR count). The number of amides is 4. The van der Waals surface area contributed by atoms with Crippen molar-refractivity contribution in [2.24, 2.45) is 17.6 Å². The molecule has 0 spiro atoms. The summed E-state index contributed by atoms with van der Waals surface area (Å²) in [6.45, 7) is 6.70. The number of carbonyl (C=O) groups excluding carboxylic acids is 3. The fraction of sp³-hybridized carbons (Fsp3) is 0.600. The molecule has 24 nitrogen and oxygen atoms in total. The molecular formula is C40H62N10O14. The number of methoxy groups -OCH3 is 1. The lowest BCUT2D eigenvalue weighted by Gasteiger charge is -2.27. The maximum absolute atomic E-state index is 13.5. The van der Waals surface area contributed by atoms with Crippen LogP contribution < -0.4 is 53.6 Å². The molecule has 1 unspecified atom stereocenters. The number of aliphatic hydroxyl groups excluding tert-OH is 3. The number of hydrogen-bond acceptors (Lipinski definition) is 14. The molecule has 0 saturated carbocycles. The molecule has 0 bridgehead atoms. The van der Waals surface area contributed by atoms with Gasteiger partial charge < -0.3 is 72.6 Å². The average Bonchev–Trinajstić information content (AvgIpc) is 3.52. The summed E-state index contributed by atoms with van der Waals surface area (Å²) >= 11 is 0. The number of aromatic nitrogens is 2. The van der Waals surface area contributed by atoms with E-state index in [0.717, 1.165) is 21.4 Å². The second-order valence-electron chi connectivity index (χ2n) is 16.1. The molecule has 0 radical (unpaired) electrons. The van der Waals surface area contributed by atoms with E-state index in [1.165, 1.54) is 7.11 Å². The van der Waals surface area contributed by atoms with Gasteiger partial charge in [-0.1, -0.05) is 39.8 Å². The highest BCUT2D eigenvalue weighted by atomic mass is 16.6. The van der Waals surface area contributed by atoms with E-state index in [9.17, 15) is 59.1 Å². The Labute approximate surface area is 368 Å². The maximum Gasteiger partial charge on any atom is 0.333 e. The van der Waals surface area contributed by atoms with Crippen molar-refractivity contribution in [1.82, 2.24) is 41.0 Å². The van der Waals surface area contributed by atoms with E-state index in [0.29, 0.717) is 11.3 Å². The molecule has 1 aromatic heterocycles. The summed E-state index contributed by atoms with van der Waals surface area (Å²) < 4.78 is 12.6. The quantitative estimate of drug-likeness (QED) is 0.0271. The van der Waals surface area contributed by atoms with E-state index in [1.54, 1.807) is 38.1 Å². The zero-order chi connectivity index (χ0) is 47.8. The number of hydrogen-bond donors (Lipinski definition) is 13. The molecular weight excluding hydrogens is 844 g/mol. The topological polar surface area (TPSA) is 371 Å². The predicted molar refractivity (Wildman–Crippen MR) is 228 cm³/mol. The Balaban J connectivity index is 1.63. The smallest absolute Gasteiger partial charge is 0.333 e. The number of ether oxygens (including phenoxy) is 2. The number of nitrogens with one attached hydrogen (secondary N) is 7. The van der Waals surface area contributed by atoms with Gasteiger partial charge >= 0.3 is 23.7 Å². The summed E-state index contributed by atoms with van der Waals surface area (Å²) in [7, 11) is 1.48. The number of carboxylic acid groups (broad SMARTS) is 2. The molecule has 0 aliphatic carbocycles. The zero-order valence-electron chi connectivity index (χ0n) is 36.4.